The lowest BCUT2D eigenvalue weighted by Gasteiger charge is -2.22. The summed E-state index contributed by atoms with van der Waals surface area (Å²) in [6.07, 6.45) is 1.20. The molecule has 1 aromatic rings. The second-order valence-corrected chi connectivity index (χ2v) is 5.09. The Hall–Kier alpha value is -0.340. The van der Waals surface area contributed by atoms with Crippen molar-refractivity contribution in [3.8, 4) is 0 Å². The van der Waals surface area contributed by atoms with Crippen LogP contribution in [-0.4, -0.2) is 6.54 Å². The molecule has 0 aliphatic heterocycles. The number of thiophene rings is 1. The van der Waals surface area contributed by atoms with Crippen molar-refractivity contribution in [2.24, 2.45) is 5.92 Å². The van der Waals surface area contributed by atoms with Crippen LogP contribution in [0.25, 0.3) is 0 Å². The van der Waals surface area contributed by atoms with Crippen molar-refractivity contribution in [1.82, 2.24) is 5.32 Å². The zero-order valence-electron chi connectivity index (χ0n) is 9.63. The molecule has 1 N–H and O–H groups in total. The maximum atomic E-state index is 3.62. The van der Waals surface area contributed by atoms with Gasteiger partial charge in [0, 0.05) is 10.9 Å². The number of hydrogen-bond acceptors (Lipinski definition) is 2. The Labute approximate surface area is 91.5 Å². The van der Waals surface area contributed by atoms with E-state index in [2.05, 4.69) is 44.5 Å². The molecule has 0 fully saturated rings. The fraction of sp³-hybridized carbons (Fsp3) is 0.667. The van der Waals surface area contributed by atoms with Gasteiger partial charge in [0.1, 0.15) is 0 Å². The first-order valence-corrected chi connectivity index (χ1v) is 6.32. The highest BCUT2D eigenvalue weighted by molar-refractivity contribution is 7.10. The zero-order valence-corrected chi connectivity index (χ0v) is 10.4. The van der Waals surface area contributed by atoms with E-state index in [0.29, 0.717) is 12.0 Å². The molecular formula is C12H21NS. The molecule has 14 heavy (non-hydrogen) atoms. The minimum Gasteiger partial charge on any atom is -0.309 e. The Morgan fingerprint density at radius 2 is 2.14 bits per heavy atom. The van der Waals surface area contributed by atoms with E-state index in [1.807, 2.05) is 11.3 Å². The quantitative estimate of drug-likeness (QED) is 0.782. The van der Waals surface area contributed by atoms with Crippen LogP contribution in [0, 0.1) is 12.8 Å². The van der Waals surface area contributed by atoms with Crippen LogP contribution in [0.1, 0.15) is 43.7 Å². The Balaban J connectivity index is 2.73. The molecule has 0 aliphatic rings. The maximum Gasteiger partial charge on any atom is 0.0440 e. The first kappa shape index (κ1) is 11.7. The van der Waals surface area contributed by atoms with Crippen LogP contribution >= 0.6 is 11.3 Å². The molecule has 0 radical (unpaired) electrons. The van der Waals surface area contributed by atoms with E-state index in [9.17, 15) is 0 Å². The summed E-state index contributed by atoms with van der Waals surface area (Å²) < 4.78 is 0. The van der Waals surface area contributed by atoms with E-state index in [-0.39, 0.29) is 0 Å². The first-order chi connectivity index (χ1) is 6.66. The monoisotopic (exact) mass is 211 g/mol. The van der Waals surface area contributed by atoms with Crippen LogP contribution < -0.4 is 5.32 Å². The van der Waals surface area contributed by atoms with E-state index in [1.165, 1.54) is 16.9 Å². The summed E-state index contributed by atoms with van der Waals surface area (Å²) in [4.78, 5) is 1.51. The van der Waals surface area contributed by atoms with Gasteiger partial charge in [0.15, 0.2) is 0 Å². The largest absolute Gasteiger partial charge is 0.309 e. The Kier molecular flexibility index (Phi) is 4.63. The number of hydrogen-bond donors (Lipinski definition) is 1. The van der Waals surface area contributed by atoms with Crippen LogP contribution in [0.15, 0.2) is 11.4 Å². The van der Waals surface area contributed by atoms with Gasteiger partial charge in [-0.15, -0.1) is 11.3 Å². The van der Waals surface area contributed by atoms with Crippen LogP contribution in [0.5, 0.6) is 0 Å². The second-order valence-electron chi connectivity index (χ2n) is 4.14. The average molecular weight is 211 g/mol. The van der Waals surface area contributed by atoms with E-state index < -0.39 is 0 Å². The van der Waals surface area contributed by atoms with E-state index in [1.54, 1.807) is 0 Å². The lowest BCUT2D eigenvalue weighted by molar-refractivity contribution is 0.417. The molecule has 2 heteroatoms. The molecule has 1 nitrogen and oxygen atoms in total. The predicted octanol–water partition coefficient (Wildman–Crippen LogP) is 3.75. The molecule has 0 amide bonds. The molecule has 0 spiro atoms. The summed E-state index contributed by atoms with van der Waals surface area (Å²) in [7, 11) is 0. The van der Waals surface area contributed by atoms with Gasteiger partial charge >= 0.3 is 0 Å². The van der Waals surface area contributed by atoms with Crippen molar-refractivity contribution >= 4 is 11.3 Å². The van der Waals surface area contributed by atoms with Gasteiger partial charge in [-0.05, 0) is 42.8 Å². The van der Waals surface area contributed by atoms with Gasteiger partial charge in [0.25, 0.3) is 0 Å². The normalized spacial score (nSPS) is 13.5. The van der Waals surface area contributed by atoms with Crippen molar-refractivity contribution in [3.63, 3.8) is 0 Å². The average Bonchev–Trinajstić information content (AvgIpc) is 2.52. The summed E-state index contributed by atoms with van der Waals surface area (Å²) in [5.74, 6) is 0.666. The Morgan fingerprint density at radius 3 is 2.57 bits per heavy atom. The highest BCUT2D eigenvalue weighted by atomic mass is 32.1. The smallest absolute Gasteiger partial charge is 0.0440 e. The van der Waals surface area contributed by atoms with Gasteiger partial charge < -0.3 is 5.32 Å². The number of aryl methyl sites for hydroxylation is 1. The van der Waals surface area contributed by atoms with Crippen LogP contribution in [0.3, 0.4) is 0 Å². The van der Waals surface area contributed by atoms with Crippen LogP contribution in [-0.2, 0) is 0 Å². The van der Waals surface area contributed by atoms with Crippen LogP contribution in [0.4, 0.5) is 0 Å². The fourth-order valence-electron chi connectivity index (χ4n) is 1.63. The molecule has 0 saturated heterocycles. The minimum absolute atomic E-state index is 0.537. The second kappa shape index (κ2) is 5.52. The molecule has 0 aromatic carbocycles. The molecule has 0 bridgehead atoms. The van der Waals surface area contributed by atoms with Gasteiger partial charge in [-0.2, -0.15) is 0 Å². The zero-order chi connectivity index (χ0) is 10.6. The van der Waals surface area contributed by atoms with Crippen LogP contribution in [0.2, 0.25) is 0 Å². The van der Waals surface area contributed by atoms with Gasteiger partial charge in [0.05, 0.1) is 0 Å². The predicted molar refractivity (Wildman–Crippen MR) is 64.9 cm³/mol. The molecule has 0 saturated carbocycles. The van der Waals surface area contributed by atoms with E-state index >= 15 is 0 Å². The summed E-state index contributed by atoms with van der Waals surface area (Å²) in [5, 5.41) is 5.81. The molecule has 0 aliphatic carbocycles. The van der Waals surface area contributed by atoms with Crippen molar-refractivity contribution in [1.29, 1.82) is 0 Å². The fourth-order valence-corrected chi connectivity index (χ4v) is 2.81. The molecule has 1 unspecified atom stereocenters. The minimum atomic E-state index is 0.537. The highest BCUT2D eigenvalue weighted by Crippen LogP contribution is 2.29. The summed E-state index contributed by atoms with van der Waals surface area (Å²) in [6.45, 7) is 10.1. The van der Waals surface area contributed by atoms with E-state index in [4.69, 9.17) is 0 Å². The third-order valence-electron chi connectivity index (χ3n) is 2.47. The third kappa shape index (κ3) is 2.82. The molecule has 1 heterocycles. The molecule has 1 aromatic heterocycles. The van der Waals surface area contributed by atoms with Gasteiger partial charge in [-0.1, -0.05) is 20.8 Å². The lowest BCUT2D eigenvalue weighted by atomic mass is 10.0. The molecule has 80 valence electrons. The van der Waals surface area contributed by atoms with Gasteiger partial charge in [-0.25, -0.2) is 0 Å². The van der Waals surface area contributed by atoms with Gasteiger partial charge in [0.2, 0.25) is 0 Å². The summed E-state index contributed by atoms with van der Waals surface area (Å²) in [6, 6.07) is 2.75. The SMILES string of the molecule is CCCNC(c1sccc1C)C(C)C. The van der Waals surface area contributed by atoms with E-state index in [0.717, 1.165) is 6.54 Å². The van der Waals surface area contributed by atoms with Crippen molar-refractivity contribution in [2.45, 2.75) is 40.2 Å². The maximum absolute atomic E-state index is 3.62. The lowest BCUT2D eigenvalue weighted by Crippen LogP contribution is -2.26. The first-order valence-electron chi connectivity index (χ1n) is 5.44. The molecule has 1 atom stereocenters. The topological polar surface area (TPSA) is 12.0 Å². The van der Waals surface area contributed by atoms with Crippen molar-refractivity contribution in [3.05, 3.63) is 21.9 Å². The third-order valence-corrected chi connectivity index (χ3v) is 3.57. The Morgan fingerprint density at radius 1 is 1.43 bits per heavy atom. The van der Waals surface area contributed by atoms with Crippen molar-refractivity contribution < 1.29 is 0 Å². The number of nitrogens with one attached hydrogen (secondary N) is 1. The standard InChI is InChI=1S/C12H21NS/c1-5-7-13-11(9(2)3)12-10(4)6-8-14-12/h6,8-9,11,13H,5,7H2,1-4H3. The summed E-state index contributed by atoms with van der Waals surface area (Å²) in [5.41, 5.74) is 1.43. The molecule has 1 rings (SSSR count). The Bertz CT molecular complexity index is 265. The highest BCUT2D eigenvalue weighted by Gasteiger charge is 2.17. The number of rotatable bonds is 5. The van der Waals surface area contributed by atoms with Crippen molar-refractivity contribution in [2.75, 3.05) is 6.54 Å². The van der Waals surface area contributed by atoms with Gasteiger partial charge in [-0.3, -0.25) is 0 Å². The molecular weight excluding hydrogens is 190 g/mol. The summed E-state index contributed by atoms with van der Waals surface area (Å²) >= 11 is 1.87.